The molecule has 104 valence electrons. The highest BCUT2D eigenvalue weighted by molar-refractivity contribution is 5.38. The maximum absolute atomic E-state index is 12.8. The third-order valence-electron chi connectivity index (χ3n) is 2.07. The SMILES string of the molecule is N#CCc1cc(CN)c(C(F)F)c(OC(F)(F)F)n1. The van der Waals surface area contributed by atoms with Crippen LogP contribution < -0.4 is 10.5 Å². The normalized spacial score (nSPS) is 11.5. The van der Waals surface area contributed by atoms with Crippen molar-refractivity contribution in [2.24, 2.45) is 5.73 Å². The number of halogens is 5. The maximum atomic E-state index is 12.8. The molecular weight excluding hydrogens is 273 g/mol. The number of alkyl halides is 5. The van der Waals surface area contributed by atoms with Crippen LogP contribution in [-0.2, 0) is 13.0 Å². The minimum atomic E-state index is -5.16. The molecule has 0 aliphatic heterocycles. The fraction of sp³-hybridized carbons (Fsp3) is 0.400. The quantitative estimate of drug-likeness (QED) is 0.860. The molecule has 0 saturated carbocycles. The average molecular weight is 281 g/mol. The minimum Gasteiger partial charge on any atom is -0.387 e. The Morgan fingerprint density at radius 3 is 2.47 bits per heavy atom. The Bertz CT molecular complexity index is 495. The second kappa shape index (κ2) is 5.79. The molecular formula is C10H8F5N3O. The first-order valence-corrected chi connectivity index (χ1v) is 4.92. The summed E-state index contributed by atoms with van der Waals surface area (Å²) in [5.74, 6) is -1.27. The molecule has 1 aromatic rings. The molecule has 0 unspecified atom stereocenters. The first-order chi connectivity index (χ1) is 8.78. The van der Waals surface area contributed by atoms with E-state index >= 15 is 0 Å². The van der Waals surface area contributed by atoms with Crippen molar-refractivity contribution < 1.29 is 26.7 Å². The van der Waals surface area contributed by atoms with Crippen molar-refractivity contribution in [1.82, 2.24) is 4.98 Å². The fourth-order valence-corrected chi connectivity index (χ4v) is 1.40. The van der Waals surface area contributed by atoms with Gasteiger partial charge in [-0.2, -0.15) is 5.26 Å². The van der Waals surface area contributed by atoms with E-state index in [-0.39, 0.29) is 17.7 Å². The highest BCUT2D eigenvalue weighted by Gasteiger charge is 2.35. The van der Waals surface area contributed by atoms with Crippen LogP contribution in [0.15, 0.2) is 6.07 Å². The number of nitrogens with two attached hydrogens (primary N) is 1. The molecule has 1 heterocycles. The Labute approximate surface area is 104 Å². The van der Waals surface area contributed by atoms with Gasteiger partial charge in [0.15, 0.2) is 0 Å². The molecule has 0 aliphatic rings. The van der Waals surface area contributed by atoms with Crippen molar-refractivity contribution >= 4 is 0 Å². The molecule has 0 atom stereocenters. The highest BCUT2D eigenvalue weighted by Crippen LogP contribution is 2.34. The van der Waals surface area contributed by atoms with Gasteiger partial charge in [0.05, 0.1) is 23.7 Å². The van der Waals surface area contributed by atoms with E-state index in [0.717, 1.165) is 6.07 Å². The zero-order valence-electron chi connectivity index (χ0n) is 9.34. The lowest BCUT2D eigenvalue weighted by atomic mass is 10.1. The second-order valence-corrected chi connectivity index (χ2v) is 3.38. The number of nitriles is 1. The van der Waals surface area contributed by atoms with Crippen LogP contribution in [0.5, 0.6) is 5.88 Å². The predicted octanol–water partition coefficient (Wildman–Crippen LogP) is 2.44. The summed E-state index contributed by atoms with van der Waals surface area (Å²) in [6.07, 6.45) is -8.72. The van der Waals surface area contributed by atoms with Crippen molar-refractivity contribution in [3.63, 3.8) is 0 Å². The summed E-state index contributed by atoms with van der Waals surface area (Å²) in [7, 11) is 0. The third kappa shape index (κ3) is 4.03. The topological polar surface area (TPSA) is 71.9 Å². The van der Waals surface area contributed by atoms with E-state index < -0.39 is 30.8 Å². The molecule has 0 amide bonds. The number of pyridine rings is 1. The zero-order valence-corrected chi connectivity index (χ0v) is 9.34. The standard InChI is InChI=1S/C10H8F5N3O/c11-8(12)7-5(4-17)3-6(1-2-16)18-9(7)19-10(13,14)15/h3,8H,1,4,17H2. The lowest BCUT2D eigenvalue weighted by Crippen LogP contribution is -2.20. The first kappa shape index (κ1) is 15.1. The Morgan fingerprint density at radius 2 is 2.05 bits per heavy atom. The van der Waals surface area contributed by atoms with Gasteiger partial charge in [0.2, 0.25) is 5.88 Å². The molecule has 1 aromatic heterocycles. The average Bonchev–Trinajstić information content (AvgIpc) is 2.25. The lowest BCUT2D eigenvalue weighted by Gasteiger charge is -2.15. The summed E-state index contributed by atoms with van der Waals surface area (Å²) in [4.78, 5) is 3.28. The van der Waals surface area contributed by atoms with Crippen LogP contribution in [0.1, 0.15) is 23.2 Å². The summed E-state index contributed by atoms with van der Waals surface area (Å²) >= 11 is 0. The maximum Gasteiger partial charge on any atom is 0.574 e. The Balaban J connectivity index is 3.37. The van der Waals surface area contributed by atoms with Gasteiger partial charge in [-0.1, -0.05) is 0 Å². The fourth-order valence-electron chi connectivity index (χ4n) is 1.40. The molecule has 0 spiro atoms. The molecule has 9 heteroatoms. The van der Waals surface area contributed by atoms with Crippen molar-refractivity contribution in [2.75, 3.05) is 0 Å². The van der Waals surface area contributed by atoms with Crippen LogP contribution in [0.4, 0.5) is 22.0 Å². The van der Waals surface area contributed by atoms with Crippen molar-refractivity contribution in [2.45, 2.75) is 25.8 Å². The third-order valence-corrected chi connectivity index (χ3v) is 2.07. The van der Waals surface area contributed by atoms with Gasteiger partial charge in [-0.05, 0) is 11.6 Å². The van der Waals surface area contributed by atoms with E-state index in [2.05, 4.69) is 9.72 Å². The number of rotatable bonds is 4. The first-order valence-electron chi connectivity index (χ1n) is 4.92. The van der Waals surface area contributed by atoms with Gasteiger partial charge >= 0.3 is 6.36 Å². The number of hydrogen-bond donors (Lipinski definition) is 1. The van der Waals surface area contributed by atoms with E-state index in [1.54, 1.807) is 6.07 Å². The highest BCUT2D eigenvalue weighted by atomic mass is 19.4. The number of hydrogen-bond acceptors (Lipinski definition) is 4. The largest absolute Gasteiger partial charge is 0.574 e. The predicted molar refractivity (Wildman–Crippen MR) is 53.1 cm³/mol. The minimum absolute atomic E-state index is 0.119. The number of nitrogens with zero attached hydrogens (tertiary/aromatic N) is 2. The molecule has 0 aromatic carbocycles. The van der Waals surface area contributed by atoms with E-state index in [4.69, 9.17) is 11.0 Å². The van der Waals surface area contributed by atoms with Gasteiger partial charge in [0.1, 0.15) is 0 Å². The van der Waals surface area contributed by atoms with Gasteiger partial charge in [0.25, 0.3) is 6.43 Å². The van der Waals surface area contributed by atoms with Gasteiger partial charge in [-0.3, -0.25) is 0 Å². The molecule has 0 bridgehead atoms. The zero-order chi connectivity index (χ0) is 14.6. The molecule has 2 N–H and O–H groups in total. The monoisotopic (exact) mass is 281 g/mol. The van der Waals surface area contributed by atoms with Gasteiger partial charge in [-0.25, -0.2) is 13.8 Å². The lowest BCUT2D eigenvalue weighted by molar-refractivity contribution is -0.276. The molecule has 1 rings (SSSR count). The van der Waals surface area contributed by atoms with E-state index in [1.165, 1.54) is 0 Å². The van der Waals surface area contributed by atoms with Gasteiger partial charge < -0.3 is 10.5 Å². The van der Waals surface area contributed by atoms with Crippen LogP contribution in [-0.4, -0.2) is 11.3 Å². The molecule has 0 fully saturated rings. The van der Waals surface area contributed by atoms with Crippen LogP contribution in [0.2, 0.25) is 0 Å². The van der Waals surface area contributed by atoms with Crippen molar-refractivity contribution in [1.29, 1.82) is 5.26 Å². The molecule has 0 radical (unpaired) electrons. The number of ether oxygens (including phenoxy) is 1. The van der Waals surface area contributed by atoms with Crippen LogP contribution in [0, 0.1) is 11.3 Å². The number of aromatic nitrogens is 1. The molecule has 4 nitrogen and oxygen atoms in total. The van der Waals surface area contributed by atoms with Crippen molar-refractivity contribution in [3.05, 3.63) is 22.9 Å². The second-order valence-electron chi connectivity index (χ2n) is 3.38. The summed E-state index contributed by atoms with van der Waals surface area (Å²) in [5.41, 5.74) is 3.83. The van der Waals surface area contributed by atoms with E-state index in [1.807, 2.05) is 0 Å². The van der Waals surface area contributed by atoms with Crippen LogP contribution in [0.25, 0.3) is 0 Å². The molecule has 0 saturated heterocycles. The molecule has 0 aliphatic carbocycles. The van der Waals surface area contributed by atoms with Gasteiger partial charge in [0, 0.05) is 6.54 Å². The Morgan fingerprint density at radius 1 is 1.42 bits per heavy atom. The van der Waals surface area contributed by atoms with Crippen LogP contribution >= 0.6 is 0 Å². The summed E-state index contributed by atoms with van der Waals surface area (Å²) in [6.45, 7) is -0.422. The van der Waals surface area contributed by atoms with Crippen molar-refractivity contribution in [3.8, 4) is 11.9 Å². The Kier molecular flexibility index (Phi) is 4.61. The molecule has 19 heavy (non-hydrogen) atoms. The van der Waals surface area contributed by atoms with Crippen LogP contribution in [0.3, 0.4) is 0 Å². The summed E-state index contributed by atoms with van der Waals surface area (Å²) in [6, 6.07) is 2.71. The Hall–Kier alpha value is -1.95. The van der Waals surface area contributed by atoms with Gasteiger partial charge in [-0.15, -0.1) is 13.2 Å². The van der Waals surface area contributed by atoms with E-state index in [9.17, 15) is 22.0 Å². The summed E-state index contributed by atoms with van der Waals surface area (Å²) in [5, 5.41) is 8.45. The van der Waals surface area contributed by atoms with E-state index in [0.29, 0.717) is 0 Å². The summed E-state index contributed by atoms with van der Waals surface area (Å²) < 4.78 is 65.4. The smallest absolute Gasteiger partial charge is 0.387 e.